The maximum Gasteiger partial charge on any atom is 0.419 e. The molecule has 0 aliphatic carbocycles. The molecule has 3 aromatic carbocycles. The van der Waals surface area contributed by atoms with Gasteiger partial charge in [-0.05, 0) is 66.6 Å². The van der Waals surface area contributed by atoms with Crippen LogP contribution in [0.2, 0.25) is 5.02 Å². The molecule has 1 aliphatic heterocycles. The van der Waals surface area contributed by atoms with E-state index in [9.17, 15) is 27.2 Å². The zero-order valence-electron chi connectivity index (χ0n) is 20.9. The van der Waals surface area contributed by atoms with Crippen LogP contribution in [0, 0.1) is 12.7 Å². The van der Waals surface area contributed by atoms with Gasteiger partial charge in [-0.1, -0.05) is 23.7 Å². The molecule has 2 amide bonds. The highest BCUT2D eigenvalue weighted by Gasteiger charge is 2.41. The maximum atomic E-state index is 13.6. The molecule has 1 saturated heterocycles. The van der Waals surface area contributed by atoms with Gasteiger partial charge in [0.15, 0.2) is 0 Å². The SMILES string of the molecule is COc1ccc(C(=O)N(C)[C@H]2CN(C(=O)c3ccc(F)cc3C)C[C@@H]2c2ccc(Cl)cc2)cc1C(F)(F)F. The van der Waals surface area contributed by atoms with Gasteiger partial charge in [0.05, 0.1) is 18.7 Å². The van der Waals surface area contributed by atoms with Crippen molar-refractivity contribution in [2.45, 2.75) is 25.1 Å². The molecule has 1 fully saturated rings. The first kappa shape index (κ1) is 27.4. The third kappa shape index (κ3) is 5.48. The first-order chi connectivity index (χ1) is 17.9. The van der Waals surface area contributed by atoms with Crippen LogP contribution in [0.15, 0.2) is 60.7 Å². The minimum Gasteiger partial charge on any atom is -0.496 e. The van der Waals surface area contributed by atoms with Crippen LogP contribution in [0.1, 0.15) is 43.3 Å². The Bertz CT molecular complexity index is 1360. The van der Waals surface area contributed by atoms with Crippen molar-refractivity contribution in [2.75, 3.05) is 27.2 Å². The Labute approximate surface area is 222 Å². The number of amides is 2. The molecule has 2 atom stereocenters. The van der Waals surface area contributed by atoms with Crippen LogP contribution >= 0.6 is 11.6 Å². The fraction of sp³-hybridized carbons (Fsp3) is 0.286. The third-order valence-corrected chi connectivity index (χ3v) is 7.11. The summed E-state index contributed by atoms with van der Waals surface area (Å²) in [6, 6.07) is 13.5. The predicted molar refractivity (Wildman–Crippen MR) is 135 cm³/mol. The molecule has 0 spiro atoms. The van der Waals surface area contributed by atoms with Crippen LogP contribution in [0.25, 0.3) is 0 Å². The molecule has 0 N–H and O–H groups in total. The monoisotopic (exact) mass is 548 g/mol. The summed E-state index contributed by atoms with van der Waals surface area (Å²) in [5, 5.41) is 0.514. The summed E-state index contributed by atoms with van der Waals surface area (Å²) in [5.41, 5.74) is 0.415. The van der Waals surface area contributed by atoms with Gasteiger partial charge in [-0.2, -0.15) is 13.2 Å². The zero-order valence-corrected chi connectivity index (χ0v) is 21.6. The number of halogens is 5. The van der Waals surface area contributed by atoms with Crippen molar-refractivity contribution in [2.24, 2.45) is 0 Å². The van der Waals surface area contributed by atoms with Gasteiger partial charge in [-0.15, -0.1) is 0 Å². The molecular formula is C28H25ClF4N2O3. The van der Waals surface area contributed by atoms with Crippen LogP contribution < -0.4 is 4.74 Å². The van der Waals surface area contributed by atoms with E-state index in [1.165, 1.54) is 36.2 Å². The highest BCUT2D eigenvalue weighted by molar-refractivity contribution is 6.30. The molecule has 10 heteroatoms. The number of carbonyl (C=O) groups excluding carboxylic acids is 2. The molecule has 0 unspecified atom stereocenters. The van der Waals surface area contributed by atoms with Gasteiger partial charge >= 0.3 is 6.18 Å². The van der Waals surface area contributed by atoms with E-state index in [0.29, 0.717) is 16.1 Å². The number of rotatable bonds is 5. The van der Waals surface area contributed by atoms with Gasteiger partial charge in [-0.25, -0.2) is 4.39 Å². The van der Waals surface area contributed by atoms with Crippen LogP contribution in [0.4, 0.5) is 17.6 Å². The number of ether oxygens (including phenoxy) is 1. The zero-order chi connectivity index (χ0) is 27.8. The molecule has 0 saturated carbocycles. The van der Waals surface area contributed by atoms with Gasteiger partial charge in [0, 0.05) is 42.2 Å². The number of hydrogen-bond acceptors (Lipinski definition) is 3. The average molecular weight is 549 g/mol. The van der Waals surface area contributed by atoms with Gasteiger partial charge < -0.3 is 14.5 Å². The van der Waals surface area contributed by atoms with Crippen molar-refractivity contribution >= 4 is 23.4 Å². The van der Waals surface area contributed by atoms with E-state index in [1.54, 1.807) is 36.1 Å². The predicted octanol–water partition coefficient (Wildman–Crippen LogP) is 6.20. The highest BCUT2D eigenvalue weighted by atomic mass is 35.5. The molecule has 4 rings (SSSR count). The normalized spacial score (nSPS) is 17.4. The number of carbonyl (C=O) groups is 2. The van der Waals surface area contributed by atoms with E-state index in [-0.39, 0.29) is 36.2 Å². The fourth-order valence-electron chi connectivity index (χ4n) is 4.84. The quantitative estimate of drug-likeness (QED) is 0.357. The van der Waals surface area contributed by atoms with Crippen molar-refractivity contribution in [1.29, 1.82) is 0 Å². The Morgan fingerprint density at radius 2 is 1.71 bits per heavy atom. The summed E-state index contributed by atoms with van der Waals surface area (Å²) in [6.45, 7) is 2.02. The molecule has 5 nitrogen and oxygen atoms in total. The van der Waals surface area contributed by atoms with Crippen LogP contribution in [-0.2, 0) is 6.18 Å². The Morgan fingerprint density at radius 1 is 1.03 bits per heavy atom. The lowest BCUT2D eigenvalue weighted by Gasteiger charge is -2.29. The highest BCUT2D eigenvalue weighted by Crippen LogP contribution is 2.38. The molecule has 1 aliphatic rings. The Hall–Kier alpha value is -3.59. The van der Waals surface area contributed by atoms with Gasteiger partial charge in [0.2, 0.25) is 0 Å². The van der Waals surface area contributed by atoms with E-state index < -0.39 is 29.5 Å². The third-order valence-electron chi connectivity index (χ3n) is 6.86. The largest absolute Gasteiger partial charge is 0.496 e. The standard InChI is InChI=1S/C28H25ClF4N2O3/c1-16-12-20(30)9-10-21(16)27(37)35-14-22(17-4-7-19(29)8-5-17)24(15-35)34(2)26(36)18-6-11-25(38-3)23(13-18)28(31,32)33/h4-13,22,24H,14-15H2,1-3H3/t22-,24+/m1/s1. The number of likely N-dealkylation sites (N-methyl/N-ethyl adjacent to an activating group) is 1. The molecule has 0 bridgehead atoms. The number of likely N-dealkylation sites (tertiary alicyclic amines) is 1. The number of methoxy groups -OCH3 is 1. The summed E-state index contributed by atoms with van der Waals surface area (Å²) in [7, 11) is 2.63. The molecule has 0 aromatic heterocycles. The lowest BCUT2D eigenvalue weighted by molar-refractivity contribution is -0.138. The molecule has 38 heavy (non-hydrogen) atoms. The van der Waals surface area contributed by atoms with Crippen molar-refractivity contribution in [3.05, 3.63) is 99.3 Å². The van der Waals surface area contributed by atoms with Crippen LogP contribution in [-0.4, -0.2) is 54.9 Å². The Kier molecular flexibility index (Phi) is 7.69. The maximum absolute atomic E-state index is 13.6. The lowest BCUT2D eigenvalue weighted by atomic mass is 9.93. The van der Waals surface area contributed by atoms with E-state index >= 15 is 0 Å². The second-order valence-electron chi connectivity index (χ2n) is 9.22. The second kappa shape index (κ2) is 10.6. The number of hydrogen-bond donors (Lipinski definition) is 0. The summed E-state index contributed by atoms with van der Waals surface area (Å²) >= 11 is 6.05. The van der Waals surface area contributed by atoms with Gasteiger partial charge in [0.25, 0.3) is 11.8 Å². The van der Waals surface area contributed by atoms with Crippen molar-refractivity contribution in [3.8, 4) is 5.75 Å². The number of benzene rings is 3. The Morgan fingerprint density at radius 3 is 2.32 bits per heavy atom. The number of aryl methyl sites for hydroxylation is 1. The topological polar surface area (TPSA) is 49.9 Å². The number of alkyl halides is 3. The first-order valence-electron chi connectivity index (χ1n) is 11.7. The van der Waals surface area contributed by atoms with E-state index in [1.807, 2.05) is 0 Å². The van der Waals surface area contributed by atoms with Crippen molar-refractivity contribution in [3.63, 3.8) is 0 Å². The molecule has 200 valence electrons. The molecule has 1 heterocycles. The minimum absolute atomic E-state index is 0.132. The minimum atomic E-state index is -4.71. The summed E-state index contributed by atoms with van der Waals surface area (Å²) in [4.78, 5) is 29.8. The van der Waals surface area contributed by atoms with E-state index in [2.05, 4.69) is 0 Å². The molecule has 0 radical (unpaired) electrons. The smallest absolute Gasteiger partial charge is 0.419 e. The summed E-state index contributed by atoms with van der Waals surface area (Å²) in [5.74, 6) is -2.14. The van der Waals surface area contributed by atoms with Crippen LogP contribution in [0.5, 0.6) is 5.75 Å². The lowest BCUT2D eigenvalue weighted by Crippen LogP contribution is -2.42. The fourth-order valence-corrected chi connectivity index (χ4v) is 4.96. The molecule has 3 aromatic rings. The summed E-state index contributed by atoms with van der Waals surface area (Å²) < 4.78 is 59.2. The average Bonchev–Trinajstić information content (AvgIpc) is 3.32. The summed E-state index contributed by atoms with van der Waals surface area (Å²) in [6.07, 6.45) is -4.71. The molecular weight excluding hydrogens is 524 g/mol. The van der Waals surface area contributed by atoms with Gasteiger partial charge in [0.1, 0.15) is 11.6 Å². The van der Waals surface area contributed by atoms with Gasteiger partial charge in [-0.3, -0.25) is 9.59 Å². The van der Waals surface area contributed by atoms with Crippen molar-refractivity contribution in [1.82, 2.24) is 9.80 Å². The van der Waals surface area contributed by atoms with E-state index in [0.717, 1.165) is 24.8 Å². The van der Waals surface area contributed by atoms with Crippen LogP contribution in [0.3, 0.4) is 0 Å². The Balaban J connectivity index is 1.68. The van der Waals surface area contributed by atoms with E-state index in [4.69, 9.17) is 16.3 Å². The first-order valence-corrected chi connectivity index (χ1v) is 12.1. The number of nitrogens with zero attached hydrogens (tertiary/aromatic N) is 2. The van der Waals surface area contributed by atoms with Crippen molar-refractivity contribution < 1.29 is 31.9 Å². The second-order valence-corrected chi connectivity index (χ2v) is 9.66.